The van der Waals surface area contributed by atoms with E-state index in [0.717, 1.165) is 62.6 Å². The van der Waals surface area contributed by atoms with Crippen molar-refractivity contribution in [3.63, 3.8) is 0 Å². The molecule has 4 aliphatic carbocycles. The van der Waals surface area contributed by atoms with Crippen LogP contribution in [0.15, 0.2) is 41.1 Å². The summed E-state index contributed by atoms with van der Waals surface area (Å²) in [6.07, 6.45) is 10.8. The van der Waals surface area contributed by atoms with Crippen molar-refractivity contribution in [1.82, 2.24) is 5.32 Å². The fourth-order valence-electron chi connectivity index (χ4n) is 8.60. The van der Waals surface area contributed by atoms with Gasteiger partial charge in [0.1, 0.15) is 11.8 Å². The SMILES string of the molecule is CCOC(=O)C(Cc1ccc(O)cc1)NC(=O)CON=C1C=C2CCC3C(CCC4(C)C3CCC4(C)O)C2(C)CC1. The van der Waals surface area contributed by atoms with Gasteiger partial charge in [-0.25, -0.2) is 4.79 Å². The molecule has 0 bridgehead atoms. The molecular weight excluding hydrogens is 520 g/mol. The van der Waals surface area contributed by atoms with E-state index in [1.807, 2.05) is 0 Å². The van der Waals surface area contributed by atoms with E-state index < -0.39 is 23.5 Å². The van der Waals surface area contributed by atoms with Crippen molar-refractivity contribution in [2.24, 2.45) is 33.7 Å². The molecule has 3 fully saturated rings. The molecule has 41 heavy (non-hydrogen) atoms. The van der Waals surface area contributed by atoms with Gasteiger partial charge >= 0.3 is 5.97 Å². The molecule has 0 saturated heterocycles. The molecular formula is C33H46N2O6. The number of carbonyl (C=O) groups is 2. The van der Waals surface area contributed by atoms with Crippen molar-refractivity contribution >= 4 is 17.6 Å². The third-order valence-electron chi connectivity index (χ3n) is 11.2. The Kier molecular flexibility index (Phi) is 8.25. The summed E-state index contributed by atoms with van der Waals surface area (Å²) in [5.41, 5.74) is 2.71. The molecule has 3 saturated carbocycles. The second-order valence-electron chi connectivity index (χ2n) is 13.4. The summed E-state index contributed by atoms with van der Waals surface area (Å²) in [6, 6.07) is 5.63. The third-order valence-corrected chi connectivity index (χ3v) is 11.2. The molecule has 8 heteroatoms. The number of phenolic OH excluding ortho intramolecular Hbond substituents is 1. The van der Waals surface area contributed by atoms with E-state index in [4.69, 9.17) is 9.57 Å². The molecule has 3 N–H and O–H groups in total. The average Bonchev–Trinajstić information content (AvgIpc) is 3.18. The van der Waals surface area contributed by atoms with Gasteiger partial charge in [0.2, 0.25) is 0 Å². The number of amides is 1. The van der Waals surface area contributed by atoms with E-state index in [0.29, 0.717) is 17.8 Å². The number of hydrogen-bond donors (Lipinski definition) is 3. The van der Waals surface area contributed by atoms with Crippen LogP contribution in [0.5, 0.6) is 5.75 Å². The molecule has 7 atom stereocenters. The second kappa shape index (κ2) is 11.4. The smallest absolute Gasteiger partial charge is 0.328 e. The average molecular weight is 567 g/mol. The number of carbonyl (C=O) groups excluding carboxylic acids is 2. The Bertz CT molecular complexity index is 1210. The lowest BCUT2D eigenvalue weighted by Crippen LogP contribution is -2.53. The normalized spacial score (nSPS) is 35.9. The Labute approximate surface area is 243 Å². The minimum Gasteiger partial charge on any atom is -0.508 e. The van der Waals surface area contributed by atoms with E-state index in [-0.39, 0.29) is 36.2 Å². The van der Waals surface area contributed by atoms with Gasteiger partial charge < -0.3 is 25.1 Å². The van der Waals surface area contributed by atoms with E-state index in [1.54, 1.807) is 31.2 Å². The van der Waals surface area contributed by atoms with Gasteiger partial charge in [-0.05, 0) is 118 Å². The number of benzene rings is 1. The zero-order valence-corrected chi connectivity index (χ0v) is 24.9. The third kappa shape index (κ3) is 5.64. The minimum atomic E-state index is -0.864. The maximum atomic E-state index is 12.7. The molecule has 0 radical (unpaired) electrons. The van der Waals surface area contributed by atoms with E-state index in [2.05, 4.69) is 37.3 Å². The van der Waals surface area contributed by atoms with Crippen LogP contribution in [0.25, 0.3) is 0 Å². The molecule has 1 aromatic rings. The van der Waals surface area contributed by atoms with Crippen LogP contribution in [0, 0.1) is 28.6 Å². The number of rotatable bonds is 8. The number of nitrogens with zero attached hydrogens (tertiary/aromatic N) is 1. The van der Waals surface area contributed by atoms with Crippen molar-refractivity contribution in [3.05, 3.63) is 41.5 Å². The van der Waals surface area contributed by atoms with Crippen LogP contribution < -0.4 is 5.32 Å². The number of nitrogens with one attached hydrogen (secondary N) is 1. The molecule has 1 aromatic carbocycles. The summed E-state index contributed by atoms with van der Waals surface area (Å²) < 4.78 is 5.15. The van der Waals surface area contributed by atoms with E-state index >= 15 is 0 Å². The Morgan fingerprint density at radius 1 is 1.05 bits per heavy atom. The molecule has 224 valence electrons. The van der Waals surface area contributed by atoms with Gasteiger partial charge in [0.25, 0.3) is 5.91 Å². The number of aromatic hydroxyl groups is 1. The summed E-state index contributed by atoms with van der Waals surface area (Å²) in [6.45, 7) is 8.45. The minimum absolute atomic E-state index is 0.0256. The van der Waals surface area contributed by atoms with Crippen LogP contribution in [0.4, 0.5) is 0 Å². The Balaban J connectivity index is 1.19. The highest BCUT2D eigenvalue weighted by molar-refractivity contribution is 5.96. The maximum Gasteiger partial charge on any atom is 0.328 e. The van der Waals surface area contributed by atoms with Crippen molar-refractivity contribution < 1.29 is 29.4 Å². The summed E-state index contributed by atoms with van der Waals surface area (Å²) in [5, 5.41) is 27.7. The zero-order valence-electron chi connectivity index (χ0n) is 24.9. The highest BCUT2D eigenvalue weighted by Gasteiger charge is 2.62. The number of oxime groups is 1. The van der Waals surface area contributed by atoms with Gasteiger partial charge in [-0.2, -0.15) is 0 Å². The molecule has 4 aliphatic rings. The lowest BCUT2D eigenvalue weighted by Gasteiger charge is -2.59. The topological polar surface area (TPSA) is 117 Å². The van der Waals surface area contributed by atoms with Crippen molar-refractivity contribution in [2.75, 3.05) is 13.2 Å². The largest absolute Gasteiger partial charge is 0.508 e. The number of allylic oxidation sites excluding steroid dienone is 2. The Hall–Kier alpha value is -2.87. The number of fused-ring (bicyclic) bond motifs is 5. The quantitative estimate of drug-likeness (QED) is 0.299. The van der Waals surface area contributed by atoms with E-state index in [1.165, 1.54) is 5.57 Å². The fraction of sp³-hybridized carbons (Fsp3) is 0.667. The van der Waals surface area contributed by atoms with Gasteiger partial charge in [-0.3, -0.25) is 4.79 Å². The van der Waals surface area contributed by atoms with Crippen LogP contribution in [-0.2, 0) is 25.6 Å². The zero-order chi connectivity index (χ0) is 29.4. The molecule has 1 amide bonds. The number of phenols is 1. The van der Waals surface area contributed by atoms with Gasteiger partial charge in [-0.1, -0.05) is 36.7 Å². The molecule has 0 aromatic heterocycles. The highest BCUT2D eigenvalue weighted by Crippen LogP contribution is 2.67. The standard InChI is InChI=1S/C33H46N2O6/c1-5-40-30(38)28(18-21-6-9-24(36)10-7-21)34-29(37)20-41-35-23-12-15-31(2)22(19-23)8-11-25-26(31)13-16-32(3)27(25)14-17-33(32,4)39/h6-7,9-10,19,25-28,36,39H,5,8,11-18,20H2,1-4H3,(H,34,37). The summed E-state index contributed by atoms with van der Waals surface area (Å²) >= 11 is 0. The van der Waals surface area contributed by atoms with Crippen molar-refractivity contribution in [1.29, 1.82) is 0 Å². The molecule has 8 nitrogen and oxygen atoms in total. The summed E-state index contributed by atoms with van der Waals surface area (Å²) in [5.74, 6) is 1.07. The first kappa shape index (κ1) is 29.6. The first-order valence-corrected chi connectivity index (χ1v) is 15.3. The predicted molar refractivity (Wildman–Crippen MR) is 156 cm³/mol. The molecule has 5 rings (SSSR count). The van der Waals surface area contributed by atoms with Crippen molar-refractivity contribution in [3.8, 4) is 5.75 Å². The molecule has 7 unspecified atom stereocenters. The highest BCUT2D eigenvalue weighted by atomic mass is 16.6. The Morgan fingerprint density at radius 2 is 1.78 bits per heavy atom. The van der Waals surface area contributed by atoms with E-state index in [9.17, 15) is 19.8 Å². The predicted octanol–water partition coefficient (Wildman–Crippen LogP) is 5.07. The van der Waals surface area contributed by atoms with Gasteiger partial charge in [0.15, 0.2) is 6.61 Å². The monoisotopic (exact) mass is 566 g/mol. The van der Waals surface area contributed by atoms with Gasteiger partial charge in [0, 0.05) is 6.42 Å². The van der Waals surface area contributed by atoms with Crippen LogP contribution >= 0.6 is 0 Å². The Morgan fingerprint density at radius 3 is 2.51 bits per heavy atom. The van der Waals surface area contributed by atoms with Crippen LogP contribution in [0.2, 0.25) is 0 Å². The lowest BCUT2D eigenvalue weighted by molar-refractivity contribution is -0.147. The number of aliphatic hydroxyl groups is 1. The van der Waals surface area contributed by atoms with Crippen LogP contribution in [0.3, 0.4) is 0 Å². The second-order valence-corrected chi connectivity index (χ2v) is 13.4. The number of esters is 1. The summed E-state index contributed by atoms with van der Waals surface area (Å²) in [7, 11) is 0. The fourth-order valence-corrected chi connectivity index (χ4v) is 8.60. The molecule has 0 heterocycles. The lowest BCUT2D eigenvalue weighted by atomic mass is 9.46. The van der Waals surface area contributed by atoms with Crippen molar-refractivity contribution in [2.45, 2.75) is 97.1 Å². The summed E-state index contributed by atoms with van der Waals surface area (Å²) in [4.78, 5) is 30.6. The van der Waals surface area contributed by atoms with Crippen LogP contribution in [0.1, 0.15) is 84.6 Å². The van der Waals surface area contributed by atoms with Gasteiger partial charge in [-0.15, -0.1) is 0 Å². The first-order valence-electron chi connectivity index (χ1n) is 15.3. The molecule has 0 aliphatic heterocycles. The first-order chi connectivity index (χ1) is 19.5. The maximum absolute atomic E-state index is 12.7. The number of hydrogen-bond acceptors (Lipinski definition) is 7. The van der Waals surface area contributed by atoms with Crippen LogP contribution in [-0.4, -0.2) is 52.7 Å². The molecule has 0 spiro atoms. The number of ether oxygens (including phenoxy) is 1. The van der Waals surface area contributed by atoms with Gasteiger partial charge in [0.05, 0.1) is 17.9 Å².